The molecule has 35 heavy (non-hydrogen) atoms. The average molecular weight is 514 g/mol. The number of nitrogens with one attached hydrogen (secondary N) is 2. The van der Waals surface area contributed by atoms with Gasteiger partial charge in [-0.1, -0.05) is 6.92 Å². The molecule has 2 heterocycles. The van der Waals surface area contributed by atoms with Crippen molar-refractivity contribution in [2.24, 2.45) is 0 Å². The Labute approximate surface area is 205 Å². The van der Waals surface area contributed by atoms with Crippen molar-refractivity contribution < 1.29 is 28.4 Å². The van der Waals surface area contributed by atoms with E-state index < -0.39 is 37.6 Å². The summed E-state index contributed by atoms with van der Waals surface area (Å²) in [5.74, 6) is -0.855. The second-order valence-corrected chi connectivity index (χ2v) is 10.8. The van der Waals surface area contributed by atoms with E-state index in [0.29, 0.717) is 24.1 Å². The minimum Gasteiger partial charge on any atom is -0.465 e. The van der Waals surface area contributed by atoms with E-state index in [4.69, 9.17) is 19.9 Å². The van der Waals surface area contributed by atoms with Gasteiger partial charge in [0.25, 0.3) is 0 Å². The molecule has 0 saturated carbocycles. The van der Waals surface area contributed by atoms with Crippen LogP contribution >= 0.6 is 7.44 Å². The molecule has 0 fully saturated rings. The number of imidazole rings is 1. The van der Waals surface area contributed by atoms with Crippen molar-refractivity contribution in [3.63, 3.8) is 0 Å². The minimum absolute atomic E-state index is 0.250. The summed E-state index contributed by atoms with van der Waals surface area (Å²) in [6, 6.07) is -1.81. The van der Waals surface area contributed by atoms with Gasteiger partial charge in [0.2, 0.25) is 7.44 Å². The molecule has 0 amide bonds. The van der Waals surface area contributed by atoms with Gasteiger partial charge in [0.15, 0.2) is 11.5 Å². The standard InChI is InChI=1S/C21H36N7O6P/c1-7-8-32-20(29)15(5)26-35(31,27-16(6)21(30)34-13(2)3)12-33-14(4)9-28-11-25-17-18(22)23-10-24-19(17)28/h10-11,13-16H,7-9,12H2,1-6H3,(H2,22,23,24)(H2,26,27,31)/t14-,15-,16+,35+/m1/s1. The fourth-order valence-corrected chi connectivity index (χ4v) is 5.25. The molecule has 0 aliphatic rings. The zero-order valence-corrected chi connectivity index (χ0v) is 21.9. The number of hydrogen-bond donors (Lipinski definition) is 3. The van der Waals surface area contributed by atoms with Crippen molar-refractivity contribution in [1.82, 2.24) is 29.7 Å². The van der Waals surface area contributed by atoms with Crippen LogP contribution in [-0.4, -0.2) is 68.7 Å². The van der Waals surface area contributed by atoms with Crippen molar-refractivity contribution in [3.05, 3.63) is 12.7 Å². The molecule has 14 heteroatoms. The Morgan fingerprint density at radius 1 is 1.09 bits per heavy atom. The third-order valence-corrected chi connectivity index (χ3v) is 6.86. The smallest absolute Gasteiger partial charge is 0.323 e. The van der Waals surface area contributed by atoms with Crippen molar-refractivity contribution in [2.75, 3.05) is 18.7 Å². The number of rotatable bonds is 14. The van der Waals surface area contributed by atoms with Crippen LogP contribution in [0.15, 0.2) is 12.7 Å². The number of carbonyl (C=O) groups excluding carboxylic acids is 2. The summed E-state index contributed by atoms with van der Waals surface area (Å²) >= 11 is 0. The molecule has 0 radical (unpaired) electrons. The van der Waals surface area contributed by atoms with Crippen LogP contribution in [-0.2, 0) is 34.9 Å². The lowest BCUT2D eigenvalue weighted by Gasteiger charge is -2.27. The molecule has 0 aliphatic carbocycles. The predicted octanol–water partition coefficient (Wildman–Crippen LogP) is 1.83. The van der Waals surface area contributed by atoms with E-state index >= 15 is 0 Å². The Hall–Kier alpha value is -2.60. The van der Waals surface area contributed by atoms with E-state index in [1.165, 1.54) is 20.2 Å². The highest BCUT2D eigenvalue weighted by Gasteiger charge is 2.33. The van der Waals surface area contributed by atoms with E-state index in [1.807, 2.05) is 6.92 Å². The van der Waals surface area contributed by atoms with Crippen LogP contribution in [0.2, 0.25) is 0 Å². The molecule has 4 atom stereocenters. The first-order chi connectivity index (χ1) is 16.5. The molecule has 4 N–H and O–H groups in total. The summed E-state index contributed by atoms with van der Waals surface area (Å²) in [7, 11) is -3.61. The highest BCUT2D eigenvalue weighted by Crippen LogP contribution is 2.38. The summed E-state index contributed by atoms with van der Waals surface area (Å²) < 4.78 is 31.7. The SMILES string of the molecule is CCCOC(=O)[C@@H](C)N[P@@](=O)(CO[C@H](C)Cn1cnc2c(N)ncnc21)N[C@@H](C)C(=O)OC(C)C. The third-order valence-electron chi connectivity index (χ3n) is 4.74. The monoisotopic (exact) mass is 513 g/mol. The maximum atomic E-state index is 13.7. The first-order valence-electron chi connectivity index (χ1n) is 11.5. The summed E-state index contributed by atoms with van der Waals surface area (Å²) in [4.78, 5) is 36.9. The molecule has 0 aliphatic heterocycles. The van der Waals surface area contributed by atoms with E-state index in [2.05, 4.69) is 25.1 Å². The fourth-order valence-electron chi connectivity index (χ4n) is 3.10. The molecular formula is C21H36N7O6P. The van der Waals surface area contributed by atoms with Crippen LogP contribution in [0.5, 0.6) is 0 Å². The van der Waals surface area contributed by atoms with E-state index in [1.54, 1.807) is 31.7 Å². The largest absolute Gasteiger partial charge is 0.465 e. The number of hydrogen-bond acceptors (Lipinski definition) is 10. The zero-order valence-electron chi connectivity index (χ0n) is 21.1. The number of ether oxygens (including phenoxy) is 3. The van der Waals surface area contributed by atoms with Crippen LogP contribution in [0.4, 0.5) is 5.82 Å². The number of esters is 2. The summed E-state index contributed by atoms with van der Waals surface area (Å²) in [5.41, 5.74) is 6.85. The Morgan fingerprint density at radius 2 is 1.74 bits per heavy atom. The molecule has 0 aromatic carbocycles. The second-order valence-electron chi connectivity index (χ2n) is 8.53. The fraction of sp³-hybridized carbons (Fsp3) is 0.667. The van der Waals surface area contributed by atoms with Gasteiger partial charge < -0.3 is 24.5 Å². The lowest BCUT2D eigenvalue weighted by molar-refractivity contribution is -0.149. The van der Waals surface area contributed by atoms with Crippen molar-refractivity contribution >= 4 is 36.4 Å². The van der Waals surface area contributed by atoms with Crippen LogP contribution in [0.25, 0.3) is 11.2 Å². The molecule has 196 valence electrons. The quantitative estimate of drug-likeness (QED) is 0.247. The third kappa shape index (κ3) is 8.53. The first-order valence-corrected chi connectivity index (χ1v) is 13.4. The Balaban J connectivity index is 2.10. The van der Waals surface area contributed by atoms with Gasteiger partial charge in [-0.05, 0) is 41.0 Å². The van der Waals surface area contributed by atoms with Gasteiger partial charge in [-0.25, -0.2) is 25.1 Å². The van der Waals surface area contributed by atoms with Crippen LogP contribution in [0.3, 0.4) is 0 Å². The summed E-state index contributed by atoms with van der Waals surface area (Å²) in [5, 5.41) is 5.55. The summed E-state index contributed by atoms with van der Waals surface area (Å²) in [6.45, 7) is 10.8. The highest BCUT2D eigenvalue weighted by molar-refractivity contribution is 7.59. The normalized spacial score (nSPS) is 16.0. The molecule has 0 unspecified atom stereocenters. The van der Waals surface area contributed by atoms with Crippen LogP contribution < -0.4 is 15.9 Å². The number of anilines is 1. The zero-order chi connectivity index (χ0) is 26.2. The summed E-state index contributed by atoms with van der Waals surface area (Å²) in [6.07, 6.45) is 2.51. The molecule has 2 rings (SSSR count). The van der Waals surface area contributed by atoms with E-state index in [0.717, 1.165) is 0 Å². The number of nitrogens with two attached hydrogens (primary N) is 1. The second kappa shape index (κ2) is 12.9. The predicted molar refractivity (Wildman–Crippen MR) is 130 cm³/mol. The number of aromatic nitrogens is 4. The van der Waals surface area contributed by atoms with Gasteiger partial charge in [0.05, 0.1) is 31.7 Å². The number of nitrogens with zero attached hydrogens (tertiary/aromatic N) is 4. The van der Waals surface area contributed by atoms with Crippen LogP contribution in [0, 0.1) is 0 Å². The van der Waals surface area contributed by atoms with Gasteiger partial charge >= 0.3 is 11.9 Å². The molecule has 0 saturated heterocycles. The Bertz CT molecular complexity index is 1050. The molecule has 2 aromatic rings. The average Bonchev–Trinajstić information content (AvgIpc) is 3.19. The lowest BCUT2D eigenvalue weighted by Crippen LogP contribution is -2.43. The molecule has 13 nitrogen and oxygen atoms in total. The topological polar surface area (TPSA) is 173 Å². The van der Waals surface area contributed by atoms with Gasteiger partial charge in [0, 0.05) is 0 Å². The number of nitrogen functional groups attached to an aromatic ring is 1. The Morgan fingerprint density at radius 3 is 2.37 bits per heavy atom. The minimum atomic E-state index is -3.61. The van der Waals surface area contributed by atoms with Gasteiger partial charge in [-0.2, -0.15) is 0 Å². The van der Waals surface area contributed by atoms with Crippen LogP contribution in [0.1, 0.15) is 48.0 Å². The number of fused-ring (bicyclic) bond motifs is 1. The molecular weight excluding hydrogens is 477 g/mol. The Kier molecular flexibility index (Phi) is 10.6. The molecule has 0 spiro atoms. The maximum Gasteiger partial charge on any atom is 0.323 e. The number of carbonyl (C=O) groups is 2. The molecule has 0 bridgehead atoms. The lowest BCUT2D eigenvalue weighted by atomic mass is 10.4. The van der Waals surface area contributed by atoms with E-state index in [9.17, 15) is 14.2 Å². The highest BCUT2D eigenvalue weighted by atomic mass is 31.2. The van der Waals surface area contributed by atoms with Gasteiger partial charge in [-0.15, -0.1) is 0 Å². The van der Waals surface area contributed by atoms with Gasteiger partial charge in [0.1, 0.15) is 30.3 Å². The van der Waals surface area contributed by atoms with Crippen molar-refractivity contribution in [2.45, 2.75) is 78.8 Å². The van der Waals surface area contributed by atoms with Crippen molar-refractivity contribution in [3.8, 4) is 0 Å². The maximum absolute atomic E-state index is 13.7. The van der Waals surface area contributed by atoms with Crippen molar-refractivity contribution in [1.29, 1.82) is 0 Å². The van der Waals surface area contributed by atoms with Gasteiger partial charge in [-0.3, -0.25) is 14.2 Å². The first kappa shape index (κ1) is 28.6. The molecule has 2 aromatic heterocycles. The van der Waals surface area contributed by atoms with E-state index in [-0.39, 0.29) is 24.9 Å².